The Labute approximate surface area is 111 Å². The first kappa shape index (κ1) is 10.6. The van der Waals surface area contributed by atoms with Crippen molar-refractivity contribution >= 4 is 22.6 Å². The van der Waals surface area contributed by atoms with Crippen molar-refractivity contribution in [1.82, 2.24) is 9.97 Å². The van der Waals surface area contributed by atoms with Crippen LogP contribution in [0, 0.1) is 3.57 Å². The second-order valence-corrected chi connectivity index (χ2v) is 4.46. The van der Waals surface area contributed by atoms with Crippen LogP contribution >= 0.6 is 22.6 Å². The summed E-state index contributed by atoms with van der Waals surface area (Å²) in [4.78, 5) is 7.96. The molecule has 0 saturated carbocycles. The molecule has 2 heterocycles. The summed E-state index contributed by atoms with van der Waals surface area (Å²) in [7, 11) is 0. The van der Waals surface area contributed by atoms with E-state index in [0.717, 1.165) is 9.32 Å². The van der Waals surface area contributed by atoms with Crippen LogP contribution in [0.4, 0.5) is 0 Å². The van der Waals surface area contributed by atoms with Crippen LogP contribution in [0.5, 0.6) is 23.1 Å². The van der Waals surface area contributed by atoms with E-state index in [1.165, 1.54) is 6.33 Å². The maximum absolute atomic E-state index is 5.64. The third kappa shape index (κ3) is 2.12. The highest BCUT2D eigenvalue weighted by atomic mass is 127. The van der Waals surface area contributed by atoms with Crippen LogP contribution in [-0.4, -0.2) is 16.8 Å². The number of rotatable bonds is 2. The molecule has 0 atom stereocenters. The van der Waals surface area contributed by atoms with E-state index < -0.39 is 0 Å². The summed E-state index contributed by atoms with van der Waals surface area (Å²) in [6, 6.07) is 5.40. The lowest BCUT2D eigenvalue weighted by molar-refractivity contribution is 0.174. The summed E-state index contributed by atoms with van der Waals surface area (Å²) in [5, 5.41) is 0. The first-order valence-electron chi connectivity index (χ1n) is 4.86. The lowest BCUT2D eigenvalue weighted by Crippen LogP contribution is -1.93. The number of benzene rings is 1. The van der Waals surface area contributed by atoms with E-state index in [4.69, 9.17) is 14.2 Å². The molecule has 0 radical (unpaired) electrons. The Balaban J connectivity index is 1.89. The molecule has 1 aromatic carbocycles. The van der Waals surface area contributed by atoms with Gasteiger partial charge in [0.05, 0.1) is 3.57 Å². The van der Waals surface area contributed by atoms with Gasteiger partial charge in [0.15, 0.2) is 11.5 Å². The number of nitrogens with zero attached hydrogens (tertiary/aromatic N) is 2. The van der Waals surface area contributed by atoms with Crippen LogP contribution < -0.4 is 14.2 Å². The summed E-state index contributed by atoms with van der Waals surface area (Å²) in [6.07, 6.45) is 3.14. The first-order chi connectivity index (χ1) is 8.33. The molecule has 0 spiro atoms. The predicted molar refractivity (Wildman–Crippen MR) is 67.4 cm³/mol. The molecule has 3 rings (SSSR count). The van der Waals surface area contributed by atoms with Gasteiger partial charge in [-0.05, 0) is 34.7 Å². The van der Waals surface area contributed by atoms with Gasteiger partial charge in [-0.1, -0.05) is 0 Å². The average Bonchev–Trinajstić information content (AvgIpc) is 2.79. The zero-order valence-electron chi connectivity index (χ0n) is 8.59. The quantitative estimate of drug-likeness (QED) is 0.786. The Morgan fingerprint density at radius 1 is 1.24 bits per heavy atom. The van der Waals surface area contributed by atoms with Gasteiger partial charge < -0.3 is 14.2 Å². The molecular formula is C11H7IN2O3. The SMILES string of the molecule is Ic1cncnc1Oc1ccc2c(c1)OCO2. The fourth-order valence-electron chi connectivity index (χ4n) is 1.43. The second kappa shape index (κ2) is 4.36. The number of hydrogen-bond donors (Lipinski definition) is 0. The fraction of sp³-hybridized carbons (Fsp3) is 0.0909. The van der Waals surface area contributed by atoms with Crippen LogP contribution in [0.1, 0.15) is 0 Å². The molecule has 1 aliphatic heterocycles. The van der Waals surface area contributed by atoms with E-state index in [1.807, 2.05) is 12.1 Å². The summed E-state index contributed by atoms with van der Waals surface area (Å²) in [5.41, 5.74) is 0. The van der Waals surface area contributed by atoms with Crippen LogP contribution in [0.15, 0.2) is 30.7 Å². The molecule has 5 nitrogen and oxygen atoms in total. The minimum atomic E-state index is 0.254. The van der Waals surface area contributed by atoms with Crippen molar-refractivity contribution in [1.29, 1.82) is 0 Å². The van der Waals surface area contributed by atoms with Gasteiger partial charge in [0.25, 0.3) is 0 Å². The molecule has 86 valence electrons. The maximum atomic E-state index is 5.64. The van der Waals surface area contributed by atoms with Gasteiger partial charge in [-0.2, -0.15) is 0 Å². The maximum Gasteiger partial charge on any atom is 0.235 e. The van der Waals surface area contributed by atoms with Gasteiger partial charge >= 0.3 is 0 Å². The molecule has 0 amide bonds. The Morgan fingerprint density at radius 2 is 2.12 bits per heavy atom. The van der Waals surface area contributed by atoms with Crippen LogP contribution in [0.2, 0.25) is 0 Å². The van der Waals surface area contributed by atoms with Gasteiger partial charge in [0.2, 0.25) is 12.7 Å². The van der Waals surface area contributed by atoms with Crippen molar-refractivity contribution in [2.75, 3.05) is 6.79 Å². The van der Waals surface area contributed by atoms with E-state index in [2.05, 4.69) is 32.6 Å². The van der Waals surface area contributed by atoms with Crippen molar-refractivity contribution in [3.63, 3.8) is 0 Å². The number of aromatic nitrogens is 2. The van der Waals surface area contributed by atoms with E-state index in [0.29, 0.717) is 17.4 Å². The number of ether oxygens (including phenoxy) is 3. The molecular weight excluding hydrogens is 335 g/mol. The normalized spacial score (nSPS) is 12.5. The molecule has 1 aliphatic rings. The molecule has 0 aliphatic carbocycles. The smallest absolute Gasteiger partial charge is 0.235 e. The van der Waals surface area contributed by atoms with Gasteiger partial charge in [-0.3, -0.25) is 0 Å². The molecule has 0 saturated heterocycles. The lowest BCUT2D eigenvalue weighted by Gasteiger charge is -2.06. The van der Waals surface area contributed by atoms with Crippen molar-refractivity contribution in [2.24, 2.45) is 0 Å². The topological polar surface area (TPSA) is 53.5 Å². The lowest BCUT2D eigenvalue weighted by atomic mass is 10.3. The van der Waals surface area contributed by atoms with Gasteiger partial charge in [0, 0.05) is 12.3 Å². The Kier molecular flexibility index (Phi) is 2.71. The average molecular weight is 342 g/mol. The summed E-state index contributed by atoms with van der Waals surface area (Å²) in [5.74, 6) is 2.60. The third-order valence-electron chi connectivity index (χ3n) is 2.19. The zero-order chi connectivity index (χ0) is 11.7. The Hall–Kier alpha value is -1.57. The molecule has 6 heteroatoms. The van der Waals surface area contributed by atoms with Gasteiger partial charge in [-0.15, -0.1) is 0 Å². The Bertz CT molecular complexity index is 562. The Morgan fingerprint density at radius 3 is 3.00 bits per heavy atom. The highest BCUT2D eigenvalue weighted by Crippen LogP contribution is 2.36. The highest BCUT2D eigenvalue weighted by Gasteiger charge is 2.14. The summed E-state index contributed by atoms with van der Waals surface area (Å²) >= 11 is 2.12. The highest BCUT2D eigenvalue weighted by molar-refractivity contribution is 14.1. The minimum Gasteiger partial charge on any atom is -0.454 e. The standard InChI is InChI=1S/C11H7IN2O3/c12-8-4-13-5-14-11(8)17-7-1-2-9-10(3-7)16-6-15-9/h1-5H,6H2. The van der Waals surface area contributed by atoms with Gasteiger partial charge in [0.1, 0.15) is 12.1 Å². The van der Waals surface area contributed by atoms with E-state index >= 15 is 0 Å². The van der Waals surface area contributed by atoms with Crippen molar-refractivity contribution in [3.05, 3.63) is 34.3 Å². The van der Waals surface area contributed by atoms with Crippen LogP contribution in [-0.2, 0) is 0 Å². The van der Waals surface area contributed by atoms with Gasteiger partial charge in [-0.25, -0.2) is 9.97 Å². The van der Waals surface area contributed by atoms with Crippen molar-refractivity contribution in [2.45, 2.75) is 0 Å². The minimum absolute atomic E-state index is 0.254. The van der Waals surface area contributed by atoms with E-state index in [-0.39, 0.29) is 6.79 Å². The molecule has 2 aromatic rings. The largest absolute Gasteiger partial charge is 0.454 e. The fourth-order valence-corrected chi connectivity index (χ4v) is 1.84. The molecule has 0 unspecified atom stereocenters. The molecule has 17 heavy (non-hydrogen) atoms. The van der Waals surface area contributed by atoms with Crippen molar-refractivity contribution in [3.8, 4) is 23.1 Å². The zero-order valence-corrected chi connectivity index (χ0v) is 10.7. The third-order valence-corrected chi connectivity index (χ3v) is 2.93. The summed E-state index contributed by atoms with van der Waals surface area (Å²) < 4.78 is 17.0. The molecule has 0 N–H and O–H groups in total. The second-order valence-electron chi connectivity index (χ2n) is 3.29. The summed E-state index contributed by atoms with van der Waals surface area (Å²) in [6.45, 7) is 0.254. The van der Waals surface area contributed by atoms with Crippen LogP contribution in [0.3, 0.4) is 0 Å². The molecule has 1 aromatic heterocycles. The number of fused-ring (bicyclic) bond motifs is 1. The van der Waals surface area contributed by atoms with E-state index in [9.17, 15) is 0 Å². The predicted octanol–water partition coefficient (Wildman–Crippen LogP) is 2.60. The number of hydrogen-bond acceptors (Lipinski definition) is 5. The molecule has 0 fully saturated rings. The molecule has 0 bridgehead atoms. The number of halogens is 1. The first-order valence-corrected chi connectivity index (χ1v) is 5.94. The van der Waals surface area contributed by atoms with Crippen LogP contribution in [0.25, 0.3) is 0 Å². The van der Waals surface area contributed by atoms with Crippen molar-refractivity contribution < 1.29 is 14.2 Å². The monoisotopic (exact) mass is 342 g/mol. The van der Waals surface area contributed by atoms with E-state index in [1.54, 1.807) is 12.3 Å².